The molecule has 31 heavy (non-hydrogen) atoms. The molecule has 0 radical (unpaired) electrons. The van der Waals surface area contributed by atoms with Gasteiger partial charge in [-0.15, -0.1) is 0 Å². The topological polar surface area (TPSA) is 68.6 Å². The molecule has 1 aliphatic carbocycles. The third-order valence-electron chi connectivity index (χ3n) is 6.52. The summed E-state index contributed by atoms with van der Waals surface area (Å²) in [6, 6.07) is 5.96. The number of aromatic nitrogens is 2. The van der Waals surface area contributed by atoms with Gasteiger partial charge in [0.15, 0.2) is 23.1 Å². The Kier molecular flexibility index (Phi) is 4.13. The number of rotatable bonds is 3. The quantitative estimate of drug-likeness (QED) is 0.807. The molecule has 3 heterocycles. The van der Waals surface area contributed by atoms with E-state index in [0.29, 0.717) is 17.9 Å². The van der Waals surface area contributed by atoms with Crippen LogP contribution in [-0.2, 0) is 15.9 Å². The number of hydrogen-bond acceptors (Lipinski definition) is 6. The van der Waals surface area contributed by atoms with Crippen LogP contribution >= 0.6 is 0 Å². The van der Waals surface area contributed by atoms with Crippen LogP contribution in [0.1, 0.15) is 70.2 Å². The van der Waals surface area contributed by atoms with E-state index < -0.39 is 0 Å². The predicted molar refractivity (Wildman–Crippen MR) is 119 cm³/mol. The van der Waals surface area contributed by atoms with Crippen LogP contribution in [-0.4, -0.2) is 29.8 Å². The van der Waals surface area contributed by atoms with Crippen molar-refractivity contribution in [1.29, 1.82) is 0 Å². The van der Waals surface area contributed by atoms with Crippen LogP contribution in [0.15, 0.2) is 29.5 Å². The van der Waals surface area contributed by atoms with Gasteiger partial charge in [-0.1, -0.05) is 26.8 Å². The Bertz CT molecular complexity index is 1140. The number of nitrogens with one attached hydrogen (secondary N) is 1. The zero-order chi connectivity index (χ0) is 22.3. The van der Waals surface area contributed by atoms with Crippen LogP contribution in [0.2, 0.25) is 0 Å². The van der Waals surface area contributed by atoms with Crippen LogP contribution < -0.4 is 19.9 Å². The van der Waals surface area contributed by atoms with Gasteiger partial charge in [-0.25, -0.2) is 10.1 Å². The van der Waals surface area contributed by atoms with Crippen LogP contribution in [0.4, 0.5) is 5.82 Å². The lowest BCUT2D eigenvalue weighted by Crippen LogP contribution is -2.46. The number of ketones is 1. The summed E-state index contributed by atoms with van der Waals surface area (Å²) in [6.07, 6.45) is 1.27. The van der Waals surface area contributed by atoms with Crippen molar-refractivity contribution < 1.29 is 14.3 Å². The normalized spacial score (nSPS) is 21.5. The standard InChI is InChI=1S/C24H30N4O3/c1-23(2,3)21-20-18(13-8-11-16(30-6)17(12-13)31-7)19-14(9-10-15(19)29)27-22(20)28(25-21)24(4,5)26-27/h8,11-12,18,26H,9-10H2,1-7H3. The summed E-state index contributed by atoms with van der Waals surface area (Å²) in [7, 11) is 3.27. The van der Waals surface area contributed by atoms with Gasteiger partial charge in [0.1, 0.15) is 5.66 Å². The first kappa shape index (κ1) is 20.1. The second-order valence-electron chi connectivity index (χ2n) is 10.1. The molecular formula is C24H30N4O3. The number of methoxy groups -OCH3 is 2. The Hall–Kier alpha value is -2.80. The maximum absolute atomic E-state index is 13.2. The van der Waals surface area contributed by atoms with E-state index in [1.807, 2.05) is 18.2 Å². The molecule has 164 valence electrons. The maximum Gasteiger partial charge on any atom is 0.162 e. The summed E-state index contributed by atoms with van der Waals surface area (Å²) >= 11 is 0. The number of benzene rings is 1. The van der Waals surface area contributed by atoms with Crippen molar-refractivity contribution in [2.75, 3.05) is 19.2 Å². The summed E-state index contributed by atoms with van der Waals surface area (Å²) in [5.41, 5.74) is 8.09. The van der Waals surface area contributed by atoms with E-state index >= 15 is 0 Å². The first-order valence-electron chi connectivity index (χ1n) is 10.8. The van der Waals surface area contributed by atoms with Gasteiger partial charge in [0.05, 0.1) is 19.9 Å². The highest BCUT2D eigenvalue weighted by Crippen LogP contribution is 2.54. The molecule has 0 saturated heterocycles. The van der Waals surface area contributed by atoms with E-state index in [9.17, 15) is 4.79 Å². The molecule has 1 unspecified atom stereocenters. The number of ether oxygens (including phenoxy) is 2. The fourth-order valence-corrected chi connectivity index (χ4v) is 5.15. The van der Waals surface area contributed by atoms with Crippen molar-refractivity contribution in [1.82, 2.24) is 15.2 Å². The van der Waals surface area contributed by atoms with Crippen molar-refractivity contribution >= 4 is 11.6 Å². The van der Waals surface area contributed by atoms with Crippen molar-refractivity contribution in [3.63, 3.8) is 0 Å². The van der Waals surface area contributed by atoms with Gasteiger partial charge in [-0.05, 0) is 38.0 Å². The first-order chi connectivity index (χ1) is 14.6. The molecule has 2 aliphatic heterocycles. The average Bonchev–Trinajstić information content (AvgIpc) is 3.36. The SMILES string of the molecule is COc1ccc(C2C3=C(CCC3=O)N3NC(C)(C)n4nc(C(C)(C)C)c2c43)cc1OC. The molecule has 7 nitrogen and oxygen atoms in total. The lowest BCUT2D eigenvalue weighted by Gasteiger charge is -2.34. The van der Waals surface area contributed by atoms with Gasteiger partial charge < -0.3 is 9.47 Å². The van der Waals surface area contributed by atoms with Gasteiger partial charge >= 0.3 is 0 Å². The van der Waals surface area contributed by atoms with Gasteiger partial charge in [0.25, 0.3) is 0 Å². The number of Topliss-reactive ketones (excluding diaryl/α,β-unsaturated/α-hetero) is 1. The number of fused-ring (bicyclic) bond motifs is 1. The van der Waals surface area contributed by atoms with Crippen LogP contribution in [0.25, 0.3) is 0 Å². The number of carbonyl (C=O) groups excluding carboxylic acids is 1. The highest BCUT2D eigenvalue weighted by atomic mass is 16.5. The minimum atomic E-state index is -0.385. The Morgan fingerprint density at radius 3 is 2.48 bits per heavy atom. The first-order valence-corrected chi connectivity index (χ1v) is 10.8. The minimum absolute atomic E-state index is 0.178. The average molecular weight is 423 g/mol. The molecule has 0 saturated carbocycles. The summed E-state index contributed by atoms with van der Waals surface area (Å²) < 4.78 is 13.1. The fraction of sp³-hybridized carbons (Fsp3) is 0.500. The monoisotopic (exact) mass is 422 g/mol. The highest BCUT2D eigenvalue weighted by Gasteiger charge is 2.51. The predicted octanol–water partition coefficient (Wildman–Crippen LogP) is 3.98. The second kappa shape index (κ2) is 6.36. The molecule has 2 aromatic rings. The number of hydrazine groups is 1. The summed E-state index contributed by atoms with van der Waals surface area (Å²) in [5.74, 6) is 2.40. The smallest absolute Gasteiger partial charge is 0.162 e. The summed E-state index contributed by atoms with van der Waals surface area (Å²) in [4.78, 5) is 13.2. The number of carbonyl (C=O) groups is 1. The minimum Gasteiger partial charge on any atom is -0.493 e. The molecule has 1 atom stereocenters. The van der Waals surface area contributed by atoms with Crippen molar-refractivity contribution in [3.05, 3.63) is 46.3 Å². The van der Waals surface area contributed by atoms with E-state index in [-0.39, 0.29) is 22.8 Å². The maximum atomic E-state index is 13.2. The van der Waals surface area contributed by atoms with Gasteiger partial charge in [-0.2, -0.15) is 5.10 Å². The fourth-order valence-electron chi connectivity index (χ4n) is 5.15. The van der Waals surface area contributed by atoms with Crippen molar-refractivity contribution in [3.8, 4) is 11.5 Å². The molecule has 1 aromatic heterocycles. The molecule has 1 N–H and O–H groups in total. The Balaban J connectivity index is 1.83. The second-order valence-corrected chi connectivity index (χ2v) is 10.1. The summed E-state index contributed by atoms with van der Waals surface area (Å²) in [6.45, 7) is 10.8. The number of nitrogens with zero attached hydrogens (tertiary/aromatic N) is 3. The highest BCUT2D eigenvalue weighted by molar-refractivity contribution is 6.03. The van der Waals surface area contributed by atoms with E-state index in [0.717, 1.165) is 40.3 Å². The van der Waals surface area contributed by atoms with Gasteiger partial charge in [0, 0.05) is 34.6 Å². The Labute approximate surface area is 183 Å². The molecule has 5 rings (SSSR count). The lowest BCUT2D eigenvalue weighted by atomic mass is 9.77. The van der Waals surface area contributed by atoms with E-state index in [1.54, 1.807) is 14.2 Å². The van der Waals surface area contributed by atoms with E-state index in [4.69, 9.17) is 14.6 Å². The van der Waals surface area contributed by atoms with Crippen LogP contribution in [0, 0.1) is 0 Å². The van der Waals surface area contributed by atoms with Crippen LogP contribution in [0.3, 0.4) is 0 Å². The van der Waals surface area contributed by atoms with E-state index in [1.165, 1.54) is 0 Å². The lowest BCUT2D eigenvalue weighted by molar-refractivity contribution is -0.115. The van der Waals surface area contributed by atoms with Crippen molar-refractivity contribution in [2.24, 2.45) is 0 Å². The zero-order valence-electron chi connectivity index (χ0n) is 19.3. The molecule has 0 bridgehead atoms. The van der Waals surface area contributed by atoms with Crippen molar-refractivity contribution in [2.45, 2.75) is 64.5 Å². The Morgan fingerprint density at radius 2 is 1.84 bits per heavy atom. The number of allylic oxidation sites excluding steroid dienone is 2. The third kappa shape index (κ3) is 2.69. The number of hydrogen-bond donors (Lipinski definition) is 1. The number of anilines is 1. The molecule has 0 amide bonds. The zero-order valence-corrected chi connectivity index (χ0v) is 19.3. The Morgan fingerprint density at radius 1 is 1.13 bits per heavy atom. The molecule has 1 aromatic carbocycles. The van der Waals surface area contributed by atoms with Crippen LogP contribution in [0.5, 0.6) is 11.5 Å². The molecule has 0 fully saturated rings. The third-order valence-corrected chi connectivity index (χ3v) is 6.52. The molecule has 0 spiro atoms. The van der Waals surface area contributed by atoms with E-state index in [2.05, 4.69) is 49.7 Å². The molecular weight excluding hydrogens is 392 g/mol. The van der Waals surface area contributed by atoms with Gasteiger partial charge in [0.2, 0.25) is 0 Å². The van der Waals surface area contributed by atoms with Gasteiger partial charge in [-0.3, -0.25) is 9.80 Å². The molecule has 3 aliphatic rings. The molecule has 7 heteroatoms. The largest absolute Gasteiger partial charge is 0.493 e. The summed E-state index contributed by atoms with van der Waals surface area (Å²) in [5, 5.41) is 7.22.